The number of rotatable bonds is 8. The van der Waals surface area contributed by atoms with Gasteiger partial charge in [-0.05, 0) is 31.5 Å². The lowest BCUT2D eigenvalue weighted by atomic mass is 10.0. The van der Waals surface area contributed by atoms with Gasteiger partial charge in [0.05, 0.1) is 12.4 Å². The van der Waals surface area contributed by atoms with E-state index in [0.717, 1.165) is 11.8 Å². The number of aliphatic carboxylic acids is 1. The van der Waals surface area contributed by atoms with Crippen LogP contribution < -0.4 is 0 Å². The third kappa shape index (κ3) is 6.05. The third-order valence-corrected chi connectivity index (χ3v) is 4.92. The summed E-state index contributed by atoms with van der Waals surface area (Å²) in [6, 6.07) is 2.92. The van der Waals surface area contributed by atoms with Crippen molar-refractivity contribution in [3.05, 3.63) is 33.3 Å². The number of carboxylic acid groups (broad SMARTS) is 1. The van der Waals surface area contributed by atoms with Gasteiger partial charge in [-0.25, -0.2) is 0 Å². The lowest BCUT2D eigenvalue weighted by molar-refractivity contribution is -0.139. The van der Waals surface area contributed by atoms with Crippen molar-refractivity contribution in [1.82, 2.24) is 0 Å². The second kappa shape index (κ2) is 9.15. The number of halogens is 2. The topological polar surface area (TPSA) is 80.7 Å². The van der Waals surface area contributed by atoms with E-state index in [2.05, 4.69) is 0 Å². The molecule has 0 saturated carbocycles. The van der Waals surface area contributed by atoms with Crippen LogP contribution in [0.4, 0.5) is 0 Å². The summed E-state index contributed by atoms with van der Waals surface area (Å²) in [7, 11) is 0. The van der Waals surface area contributed by atoms with Crippen LogP contribution >= 0.6 is 35.0 Å². The number of thioether (sulfide) groups is 1. The van der Waals surface area contributed by atoms with Gasteiger partial charge in [-0.2, -0.15) is 0 Å². The highest BCUT2D eigenvalue weighted by Gasteiger charge is 2.24. The maximum Gasteiger partial charge on any atom is 0.317 e. The Morgan fingerprint density at radius 2 is 1.83 bits per heavy atom. The molecule has 1 rings (SSSR count). The Labute approximate surface area is 148 Å². The molecule has 23 heavy (non-hydrogen) atoms. The van der Waals surface area contributed by atoms with Gasteiger partial charge in [0.2, 0.25) is 0 Å². The van der Waals surface area contributed by atoms with Crippen molar-refractivity contribution < 1.29 is 24.2 Å². The standard InChI is InChI=1S/C15H16Cl2O5S/c1-3-22-14(19)7-23-13(15(20)21)6-12(18)9-4-10(16)8(2)11(17)5-9/h4-5,13H,3,6-7H2,1-2H3,(H,20,21). The van der Waals surface area contributed by atoms with Crippen LogP contribution in [0.15, 0.2) is 12.1 Å². The van der Waals surface area contributed by atoms with Crippen LogP contribution in [0.5, 0.6) is 0 Å². The molecule has 5 nitrogen and oxygen atoms in total. The van der Waals surface area contributed by atoms with Gasteiger partial charge in [0.1, 0.15) is 5.25 Å². The quantitative estimate of drug-likeness (QED) is 0.549. The Hall–Kier alpha value is -1.24. The van der Waals surface area contributed by atoms with E-state index in [9.17, 15) is 19.5 Å². The van der Waals surface area contributed by atoms with Crippen LogP contribution in [0.3, 0.4) is 0 Å². The largest absolute Gasteiger partial charge is 0.480 e. The van der Waals surface area contributed by atoms with Gasteiger partial charge in [0, 0.05) is 22.0 Å². The van der Waals surface area contributed by atoms with E-state index in [-0.39, 0.29) is 24.3 Å². The van der Waals surface area contributed by atoms with Crippen molar-refractivity contribution in [2.24, 2.45) is 0 Å². The molecule has 0 bridgehead atoms. The zero-order valence-corrected chi connectivity index (χ0v) is 14.9. The van der Waals surface area contributed by atoms with Crippen molar-refractivity contribution in [3.63, 3.8) is 0 Å². The average Bonchev–Trinajstić information content (AvgIpc) is 2.48. The lowest BCUT2D eigenvalue weighted by Gasteiger charge is -2.12. The molecule has 0 aromatic heterocycles. The fourth-order valence-electron chi connectivity index (χ4n) is 1.68. The van der Waals surface area contributed by atoms with Gasteiger partial charge in [-0.15, -0.1) is 11.8 Å². The van der Waals surface area contributed by atoms with E-state index in [1.165, 1.54) is 12.1 Å². The van der Waals surface area contributed by atoms with E-state index < -0.39 is 23.0 Å². The molecule has 126 valence electrons. The zero-order valence-electron chi connectivity index (χ0n) is 12.6. The van der Waals surface area contributed by atoms with Crippen LogP contribution in [0.1, 0.15) is 29.3 Å². The number of benzene rings is 1. The van der Waals surface area contributed by atoms with Crippen molar-refractivity contribution in [1.29, 1.82) is 0 Å². The molecule has 0 aliphatic rings. The fraction of sp³-hybridized carbons (Fsp3) is 0.400. The molecule has 0 spiro atoms. The SMILES string of the molecule is CCOC(=O)CSC(CC(=O)c1cc(Cl)c(C)c(Cl)c1)C(=O)O. The van der Waals surface area contributed by atoms with E-state index in [1.807, 2.05) is 0 Å². The maximum atomic E-state index is 12.2. The number of esters is 1. The smallest absolute Gasteiger partial charge is 0.317 e. The van der Waals surface area contributed by atoms with Crippen LogP contribution in [-0.4, -0.2) is 40.4 Å². The van der Waals surface area contributed by atoms with Gasteiger partial charge < -0.3 is 9.84 Å². The summed E-state index contributed by atoms with van der Waals surface area (Å²) in [5.41, 5.74) is 0.893. The van der Waals surface area contributed by atoms with Crippen molar-refractivity contribution in [3.8, 4) is 0 Å². The first kappa shape index (κ1) is 19.8. The molecule has 0 radical (unpaired) electrons. The summed E-state index contributed by atoms with van der Waals surface area (Å²) in [6.45, 7) is 3.59. The first-order valence-corrected chi connectivity index (χ1v) is 8.55. The molecule has 0 fully saturated rings. The summed E-state index contributed by atoms with van der Waals surface area (Å²) in [4.78, 5) is 34.8. The van der Waals surface area contributed by atoms with Crippen LogP contribution in [-0.2, 0) is 14.3 Å². The summed E-state index contributed by atoms with van der Waals surface area (Å²) in [6.07, 6.45) is -0.269. The van der Waals surface area contributed by atoms with Gasteiger partial charge in [0.15, 0.2) is 5.78 Å². The van der Waals surface area contributed by atoms with E-state index in [1.54, 1.807) is 13.8 Å². The number of hydrogen-bond donors (Lipinski definition) is 1. The first-order chi connectivity index (χ1) is 10.8. The number of carbonyl (C=O) groups is 3. The molecule has 1 aromatic rings. The molecule has 0 saturated heterocycles. The molecule has 0 aliphatic carbocycles. The Bertz CT molecular complexity index is 595. The number of ketones is 1. The Balaban J connectivity index is 2.78. The van der Waals surface area contributed by atoms with Gasteiger partial charge in [-0.3, -0.25) is 14.4 Å². The van der Waals surface area contributed by atoms with E-state index in [0.29, 0.717) is 15.6 Å². The fourth-order valence-corrected chi connectivity index (χ4v) is 3.00. The van der Waals surface area contributed by atoms with Crippen molar-refractivity contribution in [2.75, 3.05) is 12.4 Å². The second-order valence-electron chi connectivity index (χ2n) is 4.64. The summed E-state index contributed by atoms with van der Waals surface area (Å²) in [5, 5.41) is 8.82. The number of carboxylic acids is 1. The normalized spacial score (nSPS) is 11.8. The average molecular weight is 379 g/mol. The highest BCUT2D eigenvalue weighted by atomic mass is 35.5. The second-order valence-corrected chi connectivity index (χ2v) is 6.64. The molecule has 0 aliphatic heterocycles. The molecule has 1 unspecified atom stereocenters. The van der Waals surface area contributed by atoms with Gasteiger partial charge in [-0.1, -0.05) is 23.2 Å². The van der Waals surface area contributed by atoms with Crippen LogP contribution in [0, 0.1) is 6.92 Å². The third-order valence-electron chi connectivity index (χ3n) is 2.96. The molecule has 8 heteroatoms. The minimum Gasteiger partial charge on any atom is -0.480 e. The predicted molar refractivity (Wildman–Crippen MR) is 90.7 cm³/mol. The molecular weight excluding hydrogens is 363 g/mol. The Kier molecular flexibility index (Phi) is 7.88. The number of Topliss-reactive ketones (excluding diaryl/α,β-unsaturated/α-hetero) is 1. The molecule has 0 heterocycles. The minimum atomic E-state index is -1.17. The predicted octanol–water partition coefficient (Wildman–Crippen LogP) is 3.62. The highest BCUT2D eigenvalue weighted by Crippen LogP contribution is 2.27. The first-order valence-electron chi connectivity index (χ1n) is 6.75. The lowest BCUT2D eigenvalue weighted by Crippen LogP contribution is -2.23. The Morgan fingerprint density at radius 3 is 2.30 bits per heavy atom. The van der Waals surface area contributed by atoms with Crippen LogP contribution in [0.2, 0.25) is 10.0 Å². The molecule has 1 atom stereocenters. The number of carbonyl (C=O) groups excluding carboxylic acids is 2. The van der Waals surface area contributed by atoms with Gasteiger partial charge in [0.25, 0.3) is 0 Å². The molecular formula is C15H16Cl2O5S. The van der Waals surface area contributed by atoms with Crippen LogP contribution in [0.25, 0.3) is 0 Å². The molecule has 0 amide bonds. The monoisotopic (exact) mass is 378 g/mol. The molecule has 1 N–H and O–H groups in total. The van der Waals surface area contributed by atoms with E-state index in [4.69, 9.17) is 27.9 Å². The maximum absolute atomic E-state index is 12.2. The summed E-state index contributed by atoms with van der Waals surface area (Å²) < 4.78 is 4.73. The number of hydrogen-bond acceptors (Lipinski definition) is 5. The summed E-state index contributed by atoms with van der Waals surface area (Å²) >= 11 is 12.8. The highest BCUT2D eigenvalue weighted by molar-refractivity contribution is 8.01. The minimum absolute atomic E-state index is 0.131. The Morgan fingerprint density at radius 1 is 1.26 bits per heavy atom. The van der Waals surface area contributed by atoms with Gasteiger partial charge >= 0.3 is 11.9 Å². The van der Waals surface area contributed by atoms with Crippen molar-refractivity contribution >= 4 is 52.7 Å². The summed E-state index contributed by atoms with van der Waals surface area (Å²) in [5.74, 6) is -2.22. The van der Waals surface area contributed by atoms with Crippen molar-refractivity contribution in [2.45, 2.75) is 25.5 Å². The van der Waals surface area contributed by atoms with E-state index >= 15 is 0 Å². The number of ether oxygens (including phenoxy) is 1. The zero-order chi connectivity index (χ0) is 17.6. The molecule has 1 aromatic carbocycles.